The van der Waals surface area contributed by atoms with Gasteiger partial charge in [-0.1, -0.05) is 18.5 Å². The van der Waals surface area contributed by atoms with Crippen LogP contribution in [0.15, 0.2) is 6.07 Å². The van der Waals surface area contributed by atoms with Gasteiger partial charge in [-0.2, -0.15) is 5.26 Å². The molecule has 1 aromatic heterocycles. The standard InChI is InChI=1S/C11H11ClN2/c1-7-2-3-8-5-9(6-13)11(12)14-10(8)4-7/h5,7H,2-4H2,1H3. The third-order valence-corrected chi connectivity index (χ3v) is 3.00. The van der Waals surface area contributed by atoms with Gasteiger partial charge in [0.15, 0.2) is 0 Å². The predicted molar refractivity (Wildman–Crippen MR) is 55.2 cm³/mol. The van der Waals surface area contributed by atoms with Crippen LogP contribution in [0.3, 0.4) is 0 Å². The predicted octanol–water partition coefficient (Wildman–Crippen LogP) is 2.73. The summed E-state index contributed by atoms with van der Waals surface area (Å²) in [6.07, 6.45) is 3.19. The fraction of sp³-hybridized carbons (Fsp3) is 0.455. The van der Waals surface area contributed by atoms with E-state index < -0.39 is 0 Å². The number of hydrogen-bond acceptors (Lipinski definition) is 2. The minimum absolute atomic E-state index is 0.348. The van der Waals surface area contributed by atoms with Gasteiger partial charge in [0.1, 0.15) is 11.2 Å². The summed E-state index contributed by atoms with van der Waals surface area (Å²) in [6, 6.07) is 3.95. The van der Waals surface area contributed by atoms with Crippen LogP contribution in [-0.4, -0.2) is 4.98 Å². The lowest BCUT2D eigenvalue weighted by molar-refractivity contribution is 0.492. The molecule has 1 unspecified atom stereocenters. The van der Waals surface area contributed by atoms with E-state index in [0.29, 0.717) is 16.6 Å². The van der Waals surface area contributed by atoms with E-state index in [-0.39, 0.29) is 0 Å². The van der Waals surface area contributed by atoms with Crippen molar-refractivity contribution in [3.05, 3.63) is 28.0 Å². The Morgan fingerprint density at radius 2 is 2.43 bits per heavy atom. The SMILES string of the molecule is CC1CCc2cc(C#N)c(Cl)nc2C1. The van der Waals surface area contributed by atoms with E-state index in [2.05, 4.69) is 18.0 Å². The molecule has 1 heterocycles. The average Bonchev–Trinajstić information content (AvgIpc) is 2.16. The molecule has 0 fully saturated rings. The number of nitrogens with zero attached hydrogens (tertiary/aromatic N) is 2. The molecule has 1 aliphatic rings. The highest BCUT2D eigenvalue weighted by molar-refractivity contribution is 6.30. The highest BCUT2D eigenvalue weighted by Gasteiger charge is 2.18. The molecule has 2 rings (SSSR count). The van der Waals surface area contributed by atoms with Gasteiger partial charge < -0.3 is 0 Å². The van der Waals surface area contributed by atoms with Crippen LogP contribution in [0.5, 0.6) is 0 Å². The van der Waals surface area contributed by atoms with Gasteiger partial charge >= 0.3 is 0 Å². The molecule has 0 N–H and O–H groups in total. The van der Waals surface area contributed by atoms with E-state index in [0.717, 1.165) is 18.5 Å². The van der Waals surface area contributed by atoms with Crippen molar-refractivity contribution in [2.45, 2.75) is 26.2 Å². The van der Waals surface area contributed by atoms with E-state index in [1.165, 1.54) is 12.0 Å². The molecule has 3 heteroatoms. The molecule has 2 nitrogen and oxygen atoms in total. The Morgan fingerprint density at radius 3 is 3.14 bits per heavy atom. The molecule has 0 bridgehead atoms. The molecule has 0 aromatic carbocycles. The molecule has 0 spiro atoms. The molecular weight excluding hydrogens is 196 g/mol. The van der Waals surface area contributed by atoms with E-state index in [1.54, 1.807) is 0 Å². The number of pyridine rings is 1. The fourth-order valence-electron chi connectivity index (χ4n) is 1.87. The van der Waals surface area contributed by atoms with Crippen molar-refractivity contribution in [3.63, 3.8) is 0 Å². The number of hydrogen-bond donors (Lipinski definition) is 0. The molecule has 0 aliphatic heterocycles. The topological polar surface area (TPSA) is 36.7 Å². The minimum Gasteiger partial charge on any atom is -0.239 e. The molecule has 0 saturated heterocycles. The number of aromatic nitrogens is 1. The zero-order valence-corrected chi connectivity index (χ0v) is 8.80. The van der Waals surface area contributed by atoms with Crippen LogP contribution in [0, 0.1) is 17.2 Å². The maximum atomic E-state index is 8.80. The van der Waals surface area contributed by atoms with Gasteiger partial charge in [-0.05, 0) is 36.8 Å². The quantitative estimate of drug-likeness (QED) is 0.612. The Labute approximate surface area is 88.5 Å². The van der Waals surface area contributed by atoms with Gasteiger partial charge in [0, 0.05) is 5.69 Å². The van der Waals surface area contributed by atoms with Gasteiger partial charge in [-0.3, -0.25) is 0 Å². The molecular formula is C11H11ClN2. The molecule has 14 heavy (non-hydrogen) atoms. The summed E-state index contributed by atoms with van der Waals surface area (Å²) in [5.41, 5.74) is 2.77. The van der Waals surface area contributed by atoms with Crippen molar-refractivity contribution in [1.82, 2.24) is 4.98 Å². The molecule has 0 saturated carbocycles. The number of halogens is 1. The Hall–Kier alpha value is -1.07. The zero-order valence-electron chi connectivity index (χ0n) is 8.05. The smallest absolute Gasteiger partial charge is 0.147 e. The third kappa shape index (κ3) is 1.60. The van der Waals surface area contributed by atoms with E-state index in [1.807, 2.05) is 6.07 Å². The Kier molecular flexibility index (Phi) is 2.43. The maximum absolute atomic E-state index is 8.80. The minimum atomic E-state index is 0.348. The van der Waals surface area contributed by atoms with Gasteiger partial charge in [-0.25, -0.2) is 4.98 Å². The first-order chi connectivity index (χ1) is 6.70. The maximum Gasteiger partial charge on any atom is 0.147 e. The van der Waals surface area contributed by atoms with Crippen molar-refractivity contribution in [2.24, 2.45) is 5.92 Å². The molecule has 1 atom stereocenters. The van der Waals surface area contributed by atoms with Crippen LogP contribution >= 0.6 is 11.6 Å². The highest BCUT2D eigenvalue weighted by Crippen LogP contribution is 2.26. The molecule has 1 aromatic rings. The van der Waals surface area contributed by atoms with Gasteiger partial charge in [-0.15, -0.1) is 0 Å². The van der Waals surface area contributed by atoms with Crippen molar-refractivity contribution >= 4 is 11.6 Å². The van der Waals surface area contributed by atoms with E-state index in [4.69, 9.17) is 16.9 Å². The van der Waals surface area contributed by atoms with Crippen LogP contribution in [0.2, 0.25) is 5.15 Å². The van der Waals surface area contributed by atoms with E-state index >= 15 is 0 Å². The lowest BCUT2D eigenvalue weighted by atomic mass is 9.88. The summed E-state index contributed by atoms with van der Waals surface area (Å²) >= 11 is 5.88. The van der Waals surface area contributed by atoms with Crippen LogP contribution in [0.25, 0.3) is 0 Å². The summed E-state index contributed by atoms with van der Waals surface area (Å²) in [5, 5.41) is 9.15. The summed E-state index contributed by atoms with van der Waals surface area (Å²) in [6.45, 7) is 2.22. The number of rotatable bonds is 0. The monoisotopic (exact) mass is 206 g/mol. The van der Waals surface area contributed by atoms with Crippen LogP contribution < -0.4 is 0 Å². The second-order valence-electron chi connectivity index (χ2n) is 3.89. The molecule has 0 radical (unpaired) electrons. The Balaban J connectivity index is 2.47. The Morgan fingerprint density at radius 1 is 1.64 bits per heavy atom. The van der Waals surface area contributed by atoms with Crippen molar-refractivity contribution in [1.29, 1.82) is 5.26 Å². The molecule has 1 aliphatic carbocycles. The van der Waals surface area contributed by atoms with Crippen LogP contribution in [0.4, 0.5) is 0 Å². The summed E-state index contributed by atoms with van der Waals surface area (Å²) < 4.78 is 0. The Bertz CT molecular complexity index is 406. The van der Waals surface area contributed by atoms with Crippen molar-refractivity contribution < 1.29 is 0 Å². The fourth-order valence-corrected chi connectivity index (χ4v) is 2.07. The lowest BCUT2D eigenvalue weighted by Gasteiger charge is -2.20. The first-order valence-corrected chi connectivity index (χ1v) is 5.17. The van der Waals surface area contributed by atoms with Gasteiger partial charge in [0.25, 0.3) is 0 Å². The van der Waals surface area contributed by atoms with Crippen molar-refractivity contribution in [3.8, 4) is 6.07 Å². The number of fused-ring (bicyclic) bond motifs is 1. The van der Waals surface area contributed by atoms with Crippen molar-refractivity contribution in [2.75, 3.05) is 0 Å². The van der Waals surface area contributed by atoms with Crippen LogP contribution in [0.1, 0.15) is 30.2 Å². The third-order valence-electron chi connectivity index (χ3n) is 2.71. The zero-order chi connectivity index (χ0) is 10.1. The largest absolute Gasteiger partial charge is 0.239 e. The first kappa shape index (κ1) is 9.48. The highest BCUT2D eigenvalue weighted by atomic mass is 35.5. The summed E-state index contributed by atoms with van der Waals surface area (Å²) in [5.74, 6) is 0.680. The summed E-state index contributed by atoms with van der Waals surface area (Å²) in [7, 11) is 0. The molecule has 0 amide bonds. The normalized spacial score (nSPS) is 19.9. The van der Waals surface area contributed by atoms with Gasteiger partial charge in [0.2, 0.25) is 0 Å². The number of aryl methyl sites for hydroxylation is 1. The first-order valence-electron chi connectivity index (χ1n) is 4.79. The second-order valence-corrected chi connectivity index (χ2v) is 4.25. The lowest BCUT2D eigenvalue weighted by Crippen LogP contribution is -2.13. The van der Waals surface area contributed by atoms with E-state index in [9.17, 15) is 0 Å². The summed E-state index contributed by atoms with van der Waals surface area (Å²) in [4.78, 5) is 4.28. The van der Waals surface area contributed by atoms with Crippen LogP contribution in [-0.2, 0) is 12.8 Å². The molecule has 72 valence electrons. The second kappa shape index (κ2) is 3.59. The number of nitriles is 1. The average molecular weight is 207 g/mol. The van der Waals surface area contributed by atoms with Gasteiger partial charge in [0.05, 0.1) is 5.56 Å².